The Labute approximate surface area is 123 Å². The van der Waals surface area contributed by atoms with Crippen LogP contribution in [0.25, 0.3) is 0 Å². The van der Waals surface area contributed by atoms with E-state index >= 15 is 0 Å². The van der Waals surface area contributed by atoms with Crippen LogP contribution in [0.1, 0.15) is 37.8 Å². The van der Waals surface area contributed by atoms with E-state index in [1.807, 2.05) is 12.1 Å². The summed E-state index contributed by atoms with van der Waals surface area (Å²) in [5.41, 5.74) is 7.47. The smallest absolute Gasteiger partial charge is 0.124 e. The first kappa shape index (κ1) is 13.4. The molecule has 4 heteroatoms. The maximum atomic E-state index is 6.37. The van der Waals surface area contributed by atoms with Crippen LogP contribution < -0.4 is 10.5 Å². The normalized spacial score (nSPS) is 25.9. The highest BCUT2D eigenvalue weighted by molar-refractivity contribution is 9.10. The lowest BCUT2D eigenvalue weighted by Gasteiger charge is -2.46. The molecule has 1 atom stereocenters. The predicted molar refractivity (Wildman–Crippen MR) is 80.4 cm³/mol. The maximum absolute atomic E-state index is 6.37. The van der Waals surface area contributed by atoms with Gasteiger partial charge in [0.25, 0.3) is 0 Å². The van der Waals surface area contributed by atoms with Gasteiger partial charge >= 0.3 is 0 Å². The SMILES string of the molecule is CCN1CCC2(CC1)C[C@@H](N)c1cc(Br)ccc1O2. The largest absolute Gasteiger partial charge is 0.487 e. The zero-order chi connectivity index (χ0) is 13.5. The Kier molecular flexibility index (Phi) is 3.58. The van der Waals surface area contributed by atoms with Gasteiger partial charge in [-0.1, -0.05) is 22.9 Å². The standard InChI is InChI=1S/C15H21BrN2O/c1-2-18-7-5-15(6-8-18)10-13(17)12-9-11(16)3-4-14(12)19-15/h3-4,9,13H,2,5-8,10,17H2,1H3/t13-/m1/s1. The number of likely N-dealkylation sites (tertiary alicyclic amines) is 1. The molecule has 0 unspecified atom stereocenters. The van der Waals surface area contributed by atoms with Crippen molar-refractivity contribution in [3.63, 3.8) is 0 Å². The van der Waals surface area contributed by atoms with Gasteiger partial charge in [-0.2, -0.15) is 0 Å². The third-order valence-corrected chi connectivity index (χ3v) is 5.00. The molecule has 1 aromatic carbocycles. The molecule has 2 aliphatic heterocycles. The van der Waals surface area contributed by atoms with Crippen LogP contribution in [0.5, 0.6) is 5.75 Å². The summed E-state index contributed by atoms with van der Waals surface area (Å²) in [7, 11) is 0. The van der Waals surface area contributed by atoms with E-state index in [9.17, 15) is 0 Å². The molecule has 0 aliphatic carbocycles. The molecule has 0 radical (unpaired) electrons. The number of hydrogen-bond donors (Lipinski definition) is 1. The molecule has 19 heavy (non-hydrogen) atoms. The van der Waals surface area contributed by atoms with Crippen molar-refractivity contribution in [2.75, 3.05) is 19.6 Å². The summed E-state index contributed by atoms with van der Waals surface area (Å²) < 4.78 is 7.42. The molecule has 1 aromatic rings. The number of ether oxygens (including phenoxy) is 1. The fourth-order valence-electron chi connectivity index (χ4n) is 3.27. The summed E-state index contributed by atoms with van der Waals surface area (Å²) in [6.07, 6.45) is 3.11. The highest BCUT2D eigenvalue weighted by atomic mass is 79.9. The summed E-state index contributed by atoms with van der Waals surface area (Å²) in [6.45, 7) is 5.59. The van der Waals surface area contributed by atoms with Crippen molar-refractivity contribution < 1.29 is 4.74 Å². The molecular weight excluding hydrogens is 304 g/mol. The van der Waals surface area contributed by atoms with Crippen LogP contribution in [0.15, 0.2) is 22.7 Å². The van der Waals surface area contributed by atoms with Gasteiger partial charge in [0.05, 0.1) is 0 Å². The fourth-order valence-corrected chi connectivity index (χ4v) is 3.65. The molecular formula is C15H21BrN2O. The number of nitrogens with zero attached hydrogens (tertiary/aromatic N) is 1. The first-order valence-electron chi connectivity index (χ1n) is 7.08. The van der Waals surface area contributed by atoms with Crippen molar-refractivity contribution in [1.82, 2.24) is 4.90 Å². The quantitative estimate of drug-likeness (QED) is 0.862. The van der Waals surface area contributed by atoms with Gasteiger partial charge in [0, 0.05) is 35.6 Å². The van der Waals surface area contributed by atoms with Gasteiger partial charge in [0.15, 0.2) is 0 Å². The molecule has 2 N–H and O–H groups in total. The van der Waals surface area contributed by atoms with Gasteiger partial charge in [-0.15, -0.1) is 0 Å². The zero-order valence-electron chi connectivity index (χ0n) is 11.4. The molecule has 1 spiro atoms. The van der Waals surface area contributed by atoms with E-state index in [4.69, 9.17) is 10.5 Å². The first-order valence-corrected chi connectivity index (χ1v) is 7.87. The van der Waals surface area contributed by atoms with Crippen molar-refractivity contribution in [2.24, 2.45) is 5.73 Å². The summed E-state index contributed by atoms with van der Waals surface area (Å²) >= 11 is 3.50. The molecule has 104 valence electrons. The van der Waals surface area contributed by atoms with Gasteiger partial charge in [-0.3, -0.25) is 0 Å². The Morgan fingerprint density at radius 3 is 2.84 bits per heavy atom. The number of rotatable bonds is 1. The maximum Gasteiger partial charge on any atom is 0.124 e. The van der Waals surface area contributed by atoms with Gasteiger partial charge in [-0.05, 0) is 37.6 Å². The minimum Gasteiger partial charge on any atom is -0.487 e. The monoisotopic (exact) mass is 324 g/mol. The summed E-state index contributed by atoms with van der Waals surface area (Å²) in [4.78, 5) is 2.48. The zero-order valence-corrected chi connectivity index (χ0v) is 12.9. The van der Waals surface area contributed by atoms with E-state index < -0.39 is 0 Å². The fraction of sp³-hybridized carbons (Fsp3) is 0.600. The van der Waals surface area contributed by atoms with Crippen molar-refractivity contribution in [3.8, 4) is 5.75 Å². The third-order valence-electron chi connectivity index (χ3n) is 4.50. The van der Waals surface area contributed by atoms with Crippen LogP contribution in [0.3, 0.4) is 0 Å². The van der Waals surface area contributed by atoms with Crippen LogP contribution in [-0.4, -0.2) is 30.1 Å². The van der Waals surface area contributed by atoms with Crippen LogP contribution in [0.4, 0.5) is 0 Å². The van der Waals surface area contributed by atoms with E-state index in [0.717, 1.165) is 54.7 Å². The van der Waals surface area contributed by atoms with Crippen molar-refractivity contribution >= 4 is 15.9 Å². The molecule has 2 aliphatic rings. The van der Waals surface area contributed by atoms with Gasteiger partial charge < -0.3 is 15.4 Å². The first-order chi connectivity index (χ1) is 9.12. The minimum absolute atomic E-state index is 0.0358. The molecule has 3 rings (SSSR count). The molecule has 2 heterocycles. The van der Waals surface area contributed by atoms with E-state index in [2.05, 4.69) is 33.8 Å². The molecule has 1 fully saturated rings. The molecule has 0 bridgehead atoms. The van der Waals surface area contributed by atoms with Crippen LogP contribution in [0, 0.1) is 0 Å². The van der Waals surface area contributed by atoms with Gasteiger partial charge in [0.2, 0.25) is 0 Å². The average Bonchev–Trinajstić information content (AvgIpc) is 2.41. The van der Waals surface area contributed by atoms with E-state index in [-0.39, 0.29) is 11.6 Å². The number of halogens is 1. The molecule has 1 saturated heterocycles. The number of nitrogens with two attached hydrogens (primary N) is 1. The Morgan fingerprint density at radius 1 is 1.42 bits per heavy atom. The minimum atomic E-state index is -0.0358. The number of hydrogen-bond acceptors (Lipinski definition) is 3. The lowest BCUT2D eigenvalue weighted by atomic mass is 9.81. The third kappa shape index (κ3) is 2.54. The van der Waals surface area contributed by atoms with Crippen molar-refractivity contribution in [3.05, 3.63) is 28.2 Å². The van der Waals surface area contributed by atoms with Gasteiger partial charge in [0.1, 0.15) is 11.4 Å². The topological polar surface area (TPSA) is 38.5 Å². The second-order valence-corrected chi connectivity index (χ2v) is 6.63. The Morgan fingerprint density at radius 2 is 2.16 bits per heavy atom. The Balaban J connectivity index is 1.83. The predicted octanol–water partition coefficient (Wildman–Crippen LogP) is 3.09. The average molecular weight is 325 g/mol. The lowest BCUT2D eigenvalue weighted by molar-refractivity contribution is -0.0205. The van der Waals surface area contributed by atoms with Crippen molar-refractivity contribution in [2.45, 2.75) is 37.8 Å². The van der Waals surface area contributed by atoms with Crippen LogP contribution in [0.2, 0.25) is 0 Å². The highest BCUT2D eigenvalue weighted by Crippen LogP contribution is 2.43. The van der Waals surface area contributed by atoms with Crippen LogP contribution >= 0.6 is 15.9 Å². The summed E-state index contributed by atoms with van der Waals surface area (Å²) in [5, 5.41) is 0. The number of fused-ring (bicyclic) bond motifs is 1. The van der Waals surface area contributed by atoms with E-state index in [1.54, 1.807) is 0 Å². The summed E-state index contributed by atoms with van der Waals surface area (Å²) in [5.74, 6) is 0.979. The molecule has 0 amide bonds. The second-order valence-electron chi connectivity index (χ2n) is 5.71. The Hall–Kier alpha value is -0.580. The summed E-state index contributed by atoms with van der Waals surface area (Å²) in [6, 6.07) is 6.26. The Bertz CT molecular complexity index is 469. The molecule has 3 nitrogen and oxygen atoms in total. The molecule has 0 aromatic heterocycles. The number of piperidine rings is 1. The van der Waals surface area contributed by atoms with E-state index in [1.165, 1.54) is 0 Å². The lowest BCUT2D eigenvalue weighted by Crippen LogP contribution is -2.51. The highest BCUT2D eigenvalue weighted by Gasteiger charge is 2.42. The number of benzene rings is 1. The van der Waals surface area contributed by atoms with E-state index in [0.29, 0.717) is 0 Å². The van der Waals surface area contributed by atoms with Gasteiger partial charge in [-0.25, -0.2) is 0 Å². The second kappa shape index (κ2) is 5.08. The molecule has 0 saturated carbocycles. The van der Waals surface area contributed by atoms with Crippen LogP contribution in [-0.2, 0) is 0 Å². The van der Waals surface area contributed by atoms with Crippen molar-refractivity contribution in [1.29, 1.82) is 0 Å².